The predicted octanol–water partition coefficient (Wildman–Crippen LogP) is 3.87. The van der Waals surface area contributed by atoms with Crippen molar-refractivity contribution in [1.29, 1.82) is 0 Å². The van der Waals surface area contributed by atoms with Gasteiger partial charge in [0, 0.05) is 5.56 Å². The standard InChI is InChI=1S/C14H12ClOSi/c1-14(15,16-17)13-10-6-5-9-12(13)11-7-3-2-4-8-11/h2-10H,1H3. The van der Waals surface area contributed by atoms with Gasteiger partial charge in [-0.3, -0.25) is 0 Å². The minimum atomic E-state index is -0.886. The van der Waals surface area contributed by atoms with E-state index in [1.165, 1.54) is 0 Å². The average molecular weight is 260 g/mol. The van der Waals surface area contributed by atoms with Crippen molar-refractivity contribution in [3.05, 3.63) is 60.2 Å². The molecule has 0 saturated heterocycles. The van der Waals surface area contributed by atoms with Crippen molar-refractivity contribution in [1.82, 2.24) is 0 Å². The van der Waals surface area contributed by atoms with Gasteiger partial charge in [0.15, 0.2) is 5.06 Å². The van der Waals surface area contributed by atoms with Gasteiger partial charge in [0.05, 0.1) is 0 Å². The number of hydrogen-bond acceptors (Lipinski definition) is 1. The molecule has 0 fully saturated rings. The van der Waals surface area contributed by atoms with E-state index in [9.17, 15) is 0 Å². The van der Waals surface area contributed by atoms with Crippen molar-refractivity contribution in [3.8, 4) is 11.1 Å². The van der Waals surface area contributed by atoms with Crippen LogP contribution in [0.2, 0.25) is 0 Å². The molecule has 17 heavy (non-hydrogen) atoms. The summed E-state index contributed by atoms with van der Waals surface area (Å²) in [5.74, 6) is 0. The molecule has 2 rings (SSSR count). The summed E-state index contributed by atoms with van der Waals surface area (Å²) in [5.41, 5.74) is 3.13. The van der Waals surface area contributed by atoms with Crippen LogP contribution in [0.1, 0.15) is 12.5 Å². The molecular formula is C14H12ClOSi. The molecule has 85 valence electrons. The first-order valence-electron chi connectivity index (χ1n) is 5.34. The third-order valence-electron chi connectivity index (χ3n) is 2.68. The van der Waals surface area contributed by atoms with Crippen molar-refractivity contribution >= 4 is 22.1 Å². The minimum Gasteiger partial charge on any atom is -0.397 e. The SMILES string of the molecule is CC(Cl)(O[Si])c1ccccc1-c1ccccc1. The van der Waals surface area contributed by atoms with E-state index in [-0.39, 0.29) is 0 Å². The minimum absolute atomic E-state index is 0.886. The normalized spacial score (nSPS) is 14.3. The zero-order valence-electron chi connectivity index (χ0n) is 9.48. The molecular weight excluding hydrogens is 248 g/mol. The van der Waals surface area contributed by atoms with Crippen LogP contribution in [0.25, 0.3) is 11.1 Å². The lowest BCUT2D eigenvalue weighted by atomic mass is 9.96. The summed E-state index contributed by atoms with van der Waals surface area (Å²) in [7, 11) is 3.03. The highest BCUT2D eigenvalue weighted by Crippen LogP contribution is 2.36. The fraction of sp³-hybridized carbons (Fsp3) is 0.143. The largest absolute Gasteiger partial charge is 0.397 e. The van der Waals surface area contributed by atoms with Crippen LogP contribution in [0.4, 0.5) is 0 Å². The first-order valence-corrected chi connectivity index (χ1v) is 6.12. The highest BCUT2D eigenvalue weighted by atomic mass is 35.5. The molecule has 0 heterocycles. The van der Waals surface area contributed by atoms with E-state index in [1.807, 2.05) is 49.4 Å². The maximum atomic E-state index is 6.33. The second-order valence-corrected chi connectivity index (χ2v) is 4.86. The second kappa shape index (κ2) is 5.04. The Bertz CT molecular complexity index is 497. The Kier molecular flexibility index (Phi) is 3.67. The van der Waals surface area contributed by atoms with Crippen molar-refractivity contribution in [2.75, 3.05) is 0 Å². The molecule has 0 aliphatic heterocycles. The predicted molar refractivity (Wildman–Crippen MR) is 71.9 cm³/mol. The first-order chi connectivity index (χ1) is 8.15. The Balaban J connectivity index is 2.56. The first kappa shape index (κ1) is 12.4. The summed E-state index contributed by atoms with van der Waals surface area (Å²) >= 11 is 6.33. The van der Waals surface area contributed by atoms with Gasteiger partial charge in [0.25, 0.3) is 0 Å². The molecule has 0 bridgehead atoms. The van der Waals surface area contributed by atoms with Gasteiger partial charge in [-0.1, -0.05) is 66.2 Å². The highest BCUT2D eigenvalue weighted by Gasteiger charge is 2.25. The summed E-state index contributed by atoms with van der Waals surface area (Å²) in [5, 5.41) is -0.886. The van der Waals surface area contributed by atoms with E-state index < -0.39 is 5.06 Å². The van der Waals surface area contributed by atoms with Crippen molar-refractivity contribution in [3.63, 3.8) is 0 Å². The van der Waals surface area contributed by atoms with Crippen molar-refractivity contribution < 1.29 is 4.43 Å². The molecule has 0 saturated carbocycles. The quantitative estimate of drug-likeness (QED) is 0.601. The van der Waals surface area contributed by atoms with Gasteiger partial charge >= 0.3 is 0 Å². The van der Waals surface area contributed by atoms with Crippen LogP contribution < -0.4 is 0 Å². The van der Waals surface area contributed by atoms with Crippen molar-refractivity contribution in [2.45, 2.75) is 12.0 Å². The summed E-state index contributed by atoms with van der Waals surface area (Å²) in [4.78, 5) is 0. The number of benzene rings is 2. The van der Waals surface area contributed by atoms with Crippen LogP contribution in [0.3, 0.4) is 0 Å². The molecule has 2 aromatic rings. The molecule has 0 aliphatic rings. The third-order valence-corrected chi connectivity index (χ3v) is 3.50. The molecule has 0 spiro atoms. The summed E-state index contributed by atoms with van der Waals surface area (Å²) in [6, 6.07) is 18.1. The molecule has 0 aliphatic carbocycles. The monoisotopic (exact) mass is 259 g/mol. The van der Waals surface area contributed by atoms with Crippen LogP contribution in [-0.4, -0.2) is 10.5 Å². The number of halogens is 1. The zero-order valence-corrected chi connectivity index (χ0v) is 11.2. The summed E-state index contributed by atoms with van der Waals surface area (Å²) in [6.07, 6.45) is 0. The number of rotatable bonds is 3. The molecule has 1 atom stereocenters. The highest BCUT2D eigenvalue weighted by molar-refractivity contribution is 6.24. The topological polar surface area (TPSA) is 9.23 Å². The van der Waals surface area contributed by atoms with Crippen LogP contribution in [0.5, 0.6) is 0 Å². The van der Waals surface area contributed by atoms with Gasteiger partial charge in [-0.2, -0.15) is 0 Å². The molecule has 1 nitrogen and oxygen atoms in total. The van der Waals surface area contributed by atoms with Gasteiger partial charge in [-0.15, -0.1) is 0 Å². The number of hydrogen-bond donors (Lipinski definition) is 0. The van der Waals surface area contributed by atoms with Crippen molar-refractivity contribution in [2.24, 2.45) is 0 Å². The fourth-order valence-corrected chi connectivity index (χ4v) is 2.07. The summed E-state index contributed by atoms with van der Waals surface area (Å²) < 4.78 is 5.16. The van der Waals surface area contributed by atoms with Gasteiger partial charge < -0.3 is 4.43 Å². The van der Waals surface area contributed by atoms with E-state index in [4.69, 9.17) is 16.0 Å². The fourth-order valence-electron chi connectivity index (χ4n) is 1.80. The van der Waals surface area contributed by atoms with Crippen LogP contribution in [-0.2, 0) is 9.49 Å². The molecule has 1 unspecified atom stereocenters. The van der Waals surface area contributed by atoms with Gasteiger partial charge in [-0.25, -0.2) is 0 Å². The Morgan fingerprint density at radius 1 is 1.00 bits per heavy atom. The van der Waals surface area contributed by atoms with E-state index in [0.717, 1.165) is 16.7 Å². The van der Waals surface area contributed by atoms with E-state index in [0.29, 0.717) is 0 Å². The van der Waals surface area contributed by atoms with E-state index in [2.05, 4.69) is 22.6 Å². The van der Waals surface area contributed by atoms with Crippen LogP contribution in [0, 0.1) is 0 Å². The molecule has 2 aromatic carbocycles. The summed E-state index contributed by atoms with van der Waals surface area (Å²) in [6.45, 7) is 1.81. The molecule has 0 N–H and O–H groups in total. The average Bonchev–Trinajstić information content (AvgIpc) is 2.40. The second-order valence-electron chi connectivity index (χ2n) is 3.93. The molecule has 3 heteroatoms. The lowest BCUT2D eigenvalue weighted by molar-refractivity contribution is 0.200. The van der Waals surface area contributed by atoms with Gasteiger partial charge in [-0.05, 0) is 18.1 Å². The van der Waals surface area contributed by atoms with E-state index >= 15 is 0 Å². The van der Waals surface area contributed by atoms with Crippen LogP contribution in [0.15, 0.2) is 54.6 Å². The maximum absolute atomic E-state index is 6.33. The molecule has 0 amide bonds. The van der Waals surface area contributed by atoms with Gasteiger partial charge in [0.1, 0.15) is 0 Å². The lowest BCUT2D eigenvalue weighted by Crippen LogP contribution is -2.17. The Morgan fingerprint density at radius 3 is 2.24 bits per heavy atom. The molecule has 3 radical (unpaired) electrons. The zero-order chi connectivity index (χ0) is 12.3. The Morgan fingerprint density at radius 2 is 1.59 bits per heavy atom. The third kappa shape index (κ3) is 2.60. The maximum Gasteiger partial charge on any atom is 0.249 e. The van der Waals surface area contributed by atoms with E-state index in [1.54, 1.807) is 0 Å². The number of alkyl halides is 1. The lowest BCUT2D eigenvalue weighted by Gasteiger charge is -2.24. The smallest absolute Gasteiger partial charge is 0.249 e. The molecule has 0 aromatic heterocycles. The van der Waals surface area contributed by atoms with Gasteiger partial charge in [0.2, 0.25) is 10.5 Å². The Hall–Kier alpha value is -1.09. The van der Waals surface area contributed by atoms with Crippen LogP contribution >= 0.6 is 11.6 Å². The Labute approximate surface area is 110 Å².